The fraction of sp³-hybridized carbons (Fsp3) is 0.174. The molecule has 8 heteroatoms. The number of alkyl carbamates (subject to hydrolysis) is 1. The second-order valence-corrected chi connectivity index (χ2v) is 7.95. The predicted molar refractivity (Wildman–Crippen MR) is 117 cm³/mol. The zero-order valence-electron chi connectivity index (χ0n) is 16.2. The molecule has 1 heterocycles. The molecule has 1 aliphatic carbocycles. The predicted octanol–water partition coefficient (Wildman–Crippen LogP) is 5.44. The minimum Gasteiger partial charge on any atom is -0.481 e. The summed E-state index contributed by atoms with van der Waals surface area (Å²) in [5.74, 6) is -1.22. The molecule has 0 bridgehead atoms. The van der Waals surface area contributed by atoms with Gasteiger partial charge in [0.15, 0.2) is 0 Å². The Morgan fingerprint density at radius 1 is 1.00 bits per heavy atom. The van der Waals surface area contributed by atoms with Crippen LogP contribution in [0.3, 0.4) is 0 Å². The molecule has 1 aromatic heterocycles. The van der Waals surface area contributed by atoms with Crippen molar-refractivity contribution in [2.45, 2.75) is 18.4 Å². The van der Waals surface area contributed by atoms with Gasteiger partial charge in [-0.05, 0) is 22.3 Å². The summed E-state index contributed by atoms with van der Waals surface area (Å²) < 4.78 is 5.51. The van der Waals surface area contributed by atoms with E-state index in [1.807, 2.05) is 48.5 Å². The lowest BCUT2D eigenvalue weighted by Gasteiger charge is -2.20. The van der Waals surface area contributed by atoms with E-state index in [2.05, 4.69) is 10.3 Å². The topological polar surface area (TPSA) is 88.5 Å². The maximum atomic E-state index is 12.6. The van der Waals surface area contributed by atoms with E-state index >= 15 is 0 Å². The van der Waals surface area contributed by atoms with Crippen LogP contribution in [-0.4, -0.2) is 28.8 Å². The fourth-order valence-corrected chi connectivity index (χ4v) is 4.56. The number of nitrogens with zero attached hydrogens (tertiary/aromatic N) is 1. The highest BCUT2D eigenvalue weighted by Gasteiger charge is 2.30. The number of carboxylic acid groups (broad SMARTS) is 1. The average molecular weight is 457 g/mol. The third-order valence-corrected chi connectivity index (χ3v) is 5.86. The van der Waals surface area contributed by atoms with Gasteiger partial charge in [-0.2, -0.15) is 0 Å². The second kappa shape index (κ2) is 8.96. The van der Waals surface area contributed by atoms with E-state index in [9.17, 15) is 14.7 Å². The van der Waals surface area contributed by atoms with Gasteiger partial charge in [0, 0.05) is 23.9 Å². The molecule has 0 spiro atoms. The van der Waals surface area contributed by atoms with Crippen LogP contribution in [-0.2, 0) is 9.53 Å². The number of aromatic nitrogens is 1. The number of nitrogens with one attached hydrogen (secondary N) is 1. The normalized spacial score (nSPS) is 13.2. The largest absolute Gasteiger partial charge is 0.481 e. The van der Waals surface area contributed by atoms with E-state index in [0.717, 1.165) is 22.3 Å². The van der Waals surface area contributed by atoms with Crippen molar-refractivity contribution < 1.29 is 19.4 Å². The Morgan fingerprint density at radius 2 is 1.55 bits per heavy atom. The smallest absolute Gasteiger partial charge is 0.407 e. The molecule has 0 radical (unpaired) electrons. The summed E-state index contributed by atoms with van der Waals surface area (Å²) in [6.07, 6.45) is 1.53. The van der Waals surface area contributed by atoms with Gasteiger partial charge in [-0.3, -0.25) is 9.78 Å². The number of hydrogen-bond donors (Lipinski definition) is 2. The second-order valence-electron chi connectivity index (χ2n) is 7.14. The van der Waals surface area contributed by atoms with Crippen molar-refractivity contribution in [2.75, 3.05) is 6.61 Å². The maximum absolute atomic E-state index is 12.6. The first-order valence-corrected chi connectivity index (χ1v) is 10.3. The van der Waals surface area contributed by atoms with Gasteiger partial charge >= 0.3 is 12.1 Å². The molecule has 3 aromatic rings. The summed E-state index contributed by atoms with van der Waals surface area (Å²) in [5.41, 5.74) is 4.68. The molecule has 0 fully saturated rings. The molecule has 1 atom stereocenters. The van der Waals surface area contributed by atoms with Crippen LogP contribution in [0.25, 0.3) is 11.1 Å². The zero-order valence-corrected chi connectivity index (χ0v) is 17.7. The molecule has 0 saturated carbocycles. The number of aliphatic carboxylic acids is 1. The Balaban J connectivity index is 1.51. The first kappa shape index (κ1) is 21.2. The SMILES string of the molecule is O=C(O)C[C@H](NC(=O)OCC1c2ccccc2-c2ccccc21)c1c(Cl)cncc1Cl. The third-order valence-electron chi connectivity index (χ3n) is 5.25. The highest BCUT2D eigenvalue weighted by molar-refractivity contribution is 6.35. The number of amides is 1. The third kappa shape index (κ3) is 4.36. The average Bonchev–Trinajstić information content (AvgIpc) is 3.05. The molecule has 1 aliphatic rings. The van der Waals surface area contributed by atoms with E-state index < -0.39 is 24.5 Å². The number of ether oxygens (including phenoxy) is 1. The lowest BCUT2D eigenvalue weighted by molar-refractivity contribution is -0.137. The van der Waals surface area contributed by atoms with E-state index in [-0.39, 0.29) is 28.1 Å². The number of rotatable bonds is 6. The number of halogens is 2. The van der Waals surface area contributed by atoms with Crippen LogP contribution in [0.4, 0.5) is 4.79 Å². The maximum Gasteiger partial charge on any atom is 0.407 e. The Morgan fingerprint density at radius 3 is 2.10 bits per heavy atom. The van der Waals surface area contributed by atoms with E-state index in [0.29, 0.717) is 0 Å². The van der Waals surface area contributed by atoms with Crippen LogP contribution in [0.5, 0.6) is 0 Å². The van der Waals surface area contributed by atoms with Crippen LogP contribution in [0.2, 0.25) is 10.0 Å². The molecule has 158 valence electrons. The van der Waals surface area contributed by atoms with E-state index in [1.165, 1.54) is 12.4 Å². The highest BCUT2D eigenvalue weighted by atomic mass is 35.5. The molecule has 0 unspecified atom stereocenters. The number of carbonyl (C=O) groups excluding carboxylic acids is 1. The van der Waals surface area contributed by atoms with Gasteiger partial charge in [-0.15, -0.1) is 0 Å². The summed E-state index contributed by atoms with van der Waals surface area (Å²) in [6.45, 7) is 0.109. The van der Waals surface area contributed by atoms with Crippen LogP contribution < -0.4 is 5.32 Å². The summed E-state index contributed by atoms with van der Waals surface area (Å²) in [4.78, 5) is 27.8. The Hall–Kier alpha value is -3.09. The summed E-state index contributed by atoms with van der Waals surface area (Å²) in [5, 5.41) is 12.2. The molecular weight excluding hydrogens is 439 g/mol. The van der Waals surface area contributed by atoms with Crippen molar-refractivity contribution in [1.29, 1.82) is 0 Å². The molecule has 6 nitrogen and oxygen atoms in total. The molecule has 31 heavy (non-hydrogen) atoms. The summed E-state index contributed by atoms with van der Waals surface area (Å²) in [6, 6.07) is 15.0. The first-order chi connectivity index (χ1) is 15.0. The molecule has 0 saturated heterocycles. The molecule has 1 amide bonds. The van der Waals surface area contributed by atoms with Crippen molar-refractivity contribution in [3.63, 3.8) is 0 Å². The van der Waals surface area contributed by atoms with Gasteiger partial charge < -0.3 is 15.2 Å². The zero-order chi connectivity index (χ0) is 22.0. The van der Waals surface area contributed by atoms with E-state index in [4.69, 9.17) is 27.9 Å². The number of carbonyl (C=O) groups is 2. The molecule has 2 aromatic carbocycles. The van der Waals surface area contributed by atoms with Crippen molar-refractivity contribution >= 4 is 35.3 Å². The van der Waals surface area contributed by atoms with Crippen LogP contribution >= 0.6 is 23.2 Å². The molecular formula is C23H18Cl2N2O4. The number of hydrogen-bond acceptors (Lipinski definition) is 4. The summed E-state index contributed by atoms with van der Waals surface area (Å²) in [7, 11) is 0. The molecule has 0 aliphatic heterocycles. The van der Waals surface area contributed by atoms with Crippen molar-refractivity contribution in [1.82, 2.24) is 10.3 Å². The van der Waals surface area contributed by atoms with Gasteiger partial charge in [0.25, 0.3) is 0 Å². The number of carboxylic acids is 1. The van der Waals surface area contributed by atoms with Crippen LogP contribution in [0, 0.1) is 0 Å². The Labute approximate surface area is 188 Å². The minimum atomic E-state index is -1.12. The molecule has 4 rings (SSSR count). The highest BCUT2D eigenvalue weighted by Crippen LogP contribution is 2.44. The van der Waals surface area contributed by atoms with Gasteiger partial charge in [0.2, 0.25) is 0 Å². The van der Waals surface area contributed by atoms with Crippen LogP contribution in [0.1, 0.15) is 35.1 Å². The fourth-order valence-electron chi connectivity index (χ4n) is 3.94. The lowest BCUT2D eigenvalue weighted by atomic mass is 9.98. The molecule has 2 N–H and O–H groups in total. The van der Waals surface area contributed by atoms with Gasteiger partial charge in [-0.1, -0.05) is 71.7 Å². The van der Waals surface area contributed by atoms with Crippen molar-refractivity contribution in [2.24, 2.45) is 0 Å². The van der Waals surface area contributed by atoms with Crippen molar-refractivity contribution in [3.8, 4) is 11.1 Å². The quantitative estimate of drug-likeness (QED) is 0.515. The summed E-state index contributed by atoms with van der Waals surface area (Å²) >= 11 is 12.3. The Kier molecular flexibility index (Phi) is 6.11. The van der Waals surface area contributed by atoms with Crippen LogP contribution in [0.15, 0.2) is 60.9 Å². The van der Waals surface area contributed by atoms with Crippen molar-refractivity contribution in [3.05, 3.63) is 87.7 Å². The van der Waals surface area contributed by atoms with E-state index in [1.54, 1.807) is 0 Å². The van der Waals surface area contributed by atoms with Gasteiger partial charge in [-0.25, -0.2) is 4.79 Å². The number of fused-ring (bicyclic) bond motifs is 3. The Bertz CT molecular complexity index is 1090. The number of benzene rings is 2. The van der Waals surface area contributed by atoms with Gasteiger partial charge in [0.05, 0.1) is 22.5 Å². The monoisotopic (exact) mass is 456 g/mol. The first-order valence-electron chi connectivity index (χ1n) is 9.58. The standard InChI is InChI=1S/C23H18Cl2N2O4/c24-18-10-26-11-19(25)22(18)20(9-21(28)29)27-23(30)31-12-17-15-7-3-1-5-13(15)14-6-2-4-8-16(14)17/h1-8,10-11,17,20H,9,12H2,(H,27,30)(H,28,29)/t20-/m0/s1. The lowest BCUT2D eigenvalue weighted by Crippen LogP contribution is -2.32. The van der Waals surface area contributed by atoms with Gasteiger partial charge in [0.1, 0.15) is 6.61 Å². The number of pyridine rings is 1. The minimum absolute atomic E-state index is 0.107.